The summed E-state index contributed by atoms with van der Waals surface area (Å²) in [5, 5.41) is 13.3. The molecule has 2 aromatic carbocycles. The normalized spacial score (nSPS) is 21.0. The first-order valence-electron chi connectivity index (χ1n) is 7.14. The number of aliphatic hydroxyl groups is 1. The van der Waals surface area contributed by atoms with E-state index < -0.39 is 11.5 Å². The zero-order valence-corrected chi connectivity index (χ0v) is 12.0. The average molecular weight is 311 g/mol. The number of carbonyl (C=O) groups excluding carboxylic acids is 2. The van der Waals surface area contributed by atoms with Crippen molar-refractivity contribution in [3.8, 4) is 11.5 Å². The molecular formula is C17H13NO5. The zero-order valence-electron chi connectivity index (χ0n) is 12.0. The lowest BCUT2D eigenvalue weighted by Crippen LogP contribution is -2.36. The van der Waals surface area contributed by atoms with Crippen molar-refractivity contribution >= 4 is 17.4 Å². The molecule has 0 aromatic heterocycles. The second-order valence-corrected chi connectivity index (χ2v) is 5.53. The molecule has 0 saturated heterocycles. The Morgan fingerprint density at radius 3 is 2.83 bits per heavy atom. The van der Waals surface area contributed by atoms with Crippen LogP contribution in [0.3, 0.4) is 0 Å². The molecular weight excluding hydrogens is 298 g/mol. The third-order valence-electron chi connectivity index (χ3n) is 4.11. The molecule has 2 aromatic rings. The predicted molar refractivity (Wildman–Crippen MR) is 80.5 cm³/mol. The molecule has 2 aliphatic heterocycles. The molecule has 0 radical (unpaired) electrons. The molecule has 2 heterocycles. The maximum absolute atomic E-state index is 12.5. The standard InChI is InChI=1S/C17H13NO5/c19-13(10-5-6-14-15(7-10)23-9-22-14)8-17(21)11-3-1-2-4-12(11)18-16(17)20/h1-7,21H,8-9H2,(H,18,20)/t17-/m0/s1. The Labute approximate surface area is 131 Å². The van der Waals surface area contributed by atoms with Gasteiger partial charge >= 0.3 is 0 Å². The van der Waals surface area contributed by atoms with Crippen molar-refractivity contribution in [3.05, 3.63) is 53.6 Å². The molecule has 6 nitrogen and oxygen atoms in total. The van der Waals surface area contributed by atoms with Gasteiger partial charge in [0.2, 0.25) is 6.79 Å². The summed E-state index contributed by atoms with van der Waals surface area (Å²) in [5.74, 6) is 0.119. The number of fused-ring (bicyclic) bond motifs is 2. The fraction of sp³-hybridized carbons (Fsp3) is 0.176. The number of rotatable bonds is 3. The Morgan fingerprint density at radius 1 is 1.17 bits per heavy atom. The molecule has 2 N–H and O–H groups in total. The van der Waals surface area contributed by atoms with Crippen molar-refractivity contribution in [1.82, 2.24) is 0 Å². The van der Waals surface area contributed by atoms with E-state index in [2.05, 4.69) is 5.32 Å². The van der Waals surface area contributed by atoms with E-state index in [4.69, 9.17) is 9.47 Å². The summed E-state index contributed by atoms with van der Waals surface area (Å²) in [6.45, 7) is 0.118. The van der Waals surface area contributed by atoms with E-state index in [1.807, 2.05) is 0 Å². The zero-order chi connectivity index (χ0) is 16.0. The Balaban J connectivity index is 1.65. The van der Waals surface area contributed by atoms with Crippen LogP contribution in [0, 0.1) is 0 Å². The molecule has 0 saturated carbocycles. The second-order valence-electron chi connectivity index (χ2n) is 5.53. The van der Waals surface area contributed by atoms with E-state index in [1.54, 1.807) is 42.5 Å². The number of para-hydroxylation sites is 1. The van der Waals surface area contributed by atoms with Crippen LogP contribution < -0.4 is 14.8 Å². The van der Waals surface area contributed by atoms with Gasteiger partial charge in [0, 0.05) is 16.8 Å². The third kappa shape index (κ3) is 2.07. The number of ketones is 1. The van der Waals surface area contributed by atoms with Gasteiger partial charge in [-0.25, -0.2) is 0 Å². The molecule has 0 aliphatic carbocycles. The SMILES string of the molecule is O=C(C[C@@]1(O)C(=O)Nc2ccccc21)c1ccc2c(c1)OCO2. The number of amides is 1. The summed E-state index contributed by atoms with van der Waals surface area (Å²) in [4.78, 5) is 24.7. The van der Waals surface area contributed by atoms with Gasteiger partial charge in [-0.3, -0.25) is 9.59 Å². The van der Waals surface area contributed by atoms with Crippen LogP contribution in [0.1, 0.15) is 22.3 Å². The number of Topliss-reactive ketones (excluding diaryl/α,β-unsaturated/α-hetero) is 1. The van der Waals surface area contributed by atoms with Crippen LogP contribution in [0.4, 0.5) is 5.69 Å². The summed E-state index contributed by atoms with van der Waals surface area (Å²) in [6, 6.07) is 11.6. The summed E-state index contributed by atoms with van der Waals surface area (Å²) in [7, 11) is 0. The van der Waals surface area contributed by atoms with Crippen LogP contribution >= 0.6 is 0 Å². The Kier molecular flexibility index (Phi) is 2.89. The fourth-order valence-electron chi connectivity index (χ4n) is 2.88. The van der Waals surface area contributed by atoms with Gasteiger partial charge in [-0.05, 0) is 24.3 Å². The fourth-order valence-corrected chi connectivity index (χ4v) is 2.88. The Bertz CT molecular complexity index is 831. The number of hydrogen-bond acceptors (Lipinski definition) is 5. The van der Waals surface area contributed by atoms with E-state index in [-0.39, 0.29) is 19.0 Å². The molecule has 1 amide bonds. The summed E-state index contributed by atoms with van der Waals surface area (Å²) in [6.07, 6.45) is -0.338. The molecule has 0 spiro atoms. The molecule has 6 heteroatoms. The first-order valence-corrected chi connectivity index (χ1v) is 7.14. The van der Waals surface area contributed by atoms with E-state index in [9.17, 15) is 14.7 Å². The van der Waals surface area contributed by atoms with Gasteiger partial charge in [0.25, 0.3) is 5.91 Å². The lowest BCUT2D eigenvalue weighted by molar-refractivity contribution is -0.133. The summed E-state index contributed by atoms with van der Waals surface area (Å²) < 4.78 is 10.4. The van der Waals surface area contributed by atoms with Crippen molar-refractivity contribution in [3.63, 3.8) is 0 Å². The second kappa shape index (κ2) is 4.82. The quantitative estimate of drug-likeness (QED) is 0.845. The van der Waals surface area contributed by atoms with Crippen molar-refractivity contribution < 1.29 is 24.2 Å². The van der Waals surface area contributed by atoms with Gasteiger partial charge < -0.3 is 19.9 Å². The number of benzene rings is 2. The molecule has 4 rings (SSSR count). The molecule has 116 valence electrons. The number of hydrogen-bond donors (Lipinski definition) is 2. The highest BCUT2D eigenvalue weighted by atomic mass is 16.7. The lowest BCUT2D eigenvalue weighted by atomic mass is 9.88. The number of nitrogens with one attached hydrogen (secondary N) is 1. The smallest absolute Gasteiger partial charge is 0.261 e. The van der Waals surface area contributed by atoms with Crippen LogP contribution in [0.25, 0.3) is 0 Å². The van der Waals surface area contributed by atoms with E-state index in [0.29, 0.717) is 28.3 Å². The monoisotopic (exact) mass is 311 g/mol. The average Bonchev–Trinajstić information content (AvgIpc) is 3.11. The minimum atomic E-state index is -1.86. The summed E-state index contributed by atoms with van der Waals surface area (Å²) in [5.41, 5.74) is -0.554. The number of ether oxygens (including phenoxy) is 2. The molecule has 1 atom stereocenters. The van der Waals surface area contributed by atoms with E-state index in [1.165, 1.54) is 0 Å². The number of carbonyl (C=O) groups is 2. The highest BCUT2D eigenvalue weighted by Crippen LogP contribution is 2.39. The van der Waals surface area contributed by atoms with Crippen LogP contribution in [0.2, 0.25) is 0 Å². The minimum Gasteiger partial charge on any atom is -0.454 e. The van der Waals surface area contributed by atoms with Gasteiger partial charge in [-0.2, -0.15) is 0 Å². The van der Waals surface area contributed by atoms with Crippen molar-refractivity contribution in [2.24, 2.45) is 0 Å². The Morgan fingerprint density at radius 2 is 1.96 bits per heavy atom. The summed E-state index contributed by atoms with van der Waals surface area (Å²) >= 11 is 0. The van der Waals surface area contributed by atoms with Crippen LogP contribution in [0.15, 0.2) is 42.5 Å². The molecule has 0 fully saturated rings. The Hall–Kier alpha value is -2.86. The molecule has 0 bridgehead atoms. The van der Waals surface area contributed by atoms with Crippen molar-refractivity contribution in [2.75, 3.05) is 12.1 Å². The van der Waals surface area contributed by atoms with Gasteiger partial charge in [-0.15, -0.1) is 0 Å². The van der Waals surface area contributed by atoms with Gasteiger partial charge in [0.05, 0.1) is 6.42 Å². The van der Waals surface area contributed by atoms with Gasteiger partial charge in [0.15, 0.2) is 22.9 Å². The van der Waals surface area contributed by atoms with Crippen LogP contribution in [-0.2, 0) is 10.4 Å². The van der Waals surface area contributed by atoms with Gasteiger partial charge in [-0.1, -0.05) is 18.2 Å². The van der Waals surface area contributed by atoms with Crippen LogP contribution in [0.5, 0.6) is 11.5 Å². The molecule has 23 heavy (non-hydrogen) atoms. The largest absolute Gasteiger partial charge is 0.454 e. The van der Waals surface area contributed by atoms with Crippen LogP contribution in [-0.4, -0.2) is 23.6 Å². The highest BCUT2D eigenvalue weighted by molar-refractivity contribution is 6.09. The first kappa shape index (κ1) is 13.8. The predicted octanol–water partition coefficient (Wildman–Crippen LogP) is 1.83. The first-order chi connectivity index (χ1) is 11.1. The maximum atomic E-state index is 12.5. The van der Waals surface area contributed by atoms with E-state index in [0.717, 1.165) is 0 Å². The topological polar surface area (TPSA) is 84.9 Å². The maximum Gasteiger partial charge on any atom is 0.261 e. The van der Waals surface area contributed by atoms with Gasteiger partial charge in [0.1, 0.15) is 0 Å². The molecule has 0 unspecified atom stereocenters. The van der Waals surface area contributed by atoms with Crippen molar-refractivity contribution in [1.29, 1.82) is 0 Å². The minimum absolute atomic E-state index is 0.118. The lowest BCUT2D eigenvalue weighted by Gasteiger charge is -2.20. The highest BCUT2D eigenvalue weighted by Gasteiger charge is 2.46. The van der Waals surface area contributed by atoms with E-state index >= 15 is 0 Å². The number of anilines is 1. The molecule has 2 aliphatic rings. The van der Waals surface area contributed by atoms with Crippen molar-refractivity contribution in [2.45, 2.75) is 12.0 Å². The third-order valence-corrected chi connectivity index (χ3v) is 4.11.